The lowest BCUT2D eigenvalue weighted by Gasteiger charge is -2.15. The van der Waals surface area contributed by atoms with E-state index >= 15 is 0 Å². The Balaban J connectivity index is 1.59. The van der Waals surface area contributed by atoms with Crippen molar-refractivity contribution in [2.45, 2.75) is 19.0 Å². The number of hydrogen-bond donors (Lipinski definition) is 1. The molecule has 4 heterocycles. The average molecular weight is 285 g/mol. The molecule has 1 atom stereocenters. The van der Waals surface area contributed by atoms with Gasteiger partial charge in [0.1, 0.15) is 17.6 Å². The van der Waals surface area contributed by atoms with Crippen molar-refractivity contribution in [1.29, 1.82) is 0 Å². The van der Waals surface area contributed by atoms with Gasteiger partial charge >= 0.3 is 5.69 Å². The second-order valence-electron chi connectivity index (χ2n) is 5.32. The van der Waals surface area contributed by atoms with Crippen LogP contribution in [0.1, 0.15) is 18.2 Å². The highest BCUT2D eigenvalue weighted by Crippen LogP contribution is 2.24. The summed E-state index contributed by atoms with van der Waals surface area (Å²) in [6, 6.07) is 4.00. The number of furan rings is 1. The summed E-state index contributed by atoms with van der Waals surface area (Å²) < 4.78 is 7.13. The summed E-state index contributed by atoms with van der Waals surface area (Å²) in [5.74, 6) is 0.948. The third-order valence-electron chi connectivity index (χ3n) is 3.95. The summed E-state index contributed by atoms with van der Waals surface area (Å²) in [4.78, 5) is 25.4. The molecule has 1 fully saturated rings. The molecule has 1 saturated heterocycles. The zero-order valence-corrected chi connectivity index (χ0v) is 11.4. The van der Waals surface area contributed by atoms with E-state index in [1.165, 1.54) is 6.33 Å². The van der Waals surface area contributed by atoms with Crippen LogP contribution in [0.15, 0.2) is 40.1 Å². The molecule has 7 nitrogen and oxygen atoms in total. The minimum absolute atomic E-state index is 0.115. The van der Waals surface area contributed by atoms with Crippen molar-refractivity contribution >= 4 is 11.2 Å². The van der Waals surface area contributed by atoms with Gasteiger partial charge < -0.3 is 9.40 Å². The van der Waals surface area contributed by atoms with Gasteiger partial charge in [-0.05, 0) is 18.6 Å². The first-order valence-corrected chi connectivity index (χ1v) is 6.96. The third kappa shape index (κ3) is 2.15. The number of aromatic nitrogens is 4. The van der Waals surface area contributed by atoms with Gasteiger partial charge in [-0.15, -0.1) is 0 Å². The van der Waals surface area contributed by atoms with E-state index in [-0.39, 0.29) is 11.7 Å². The molecule has 0 aromatic carbocycles. The van der Waals surface area contributed by atoms with Gasteiger partial charge in [0.25, 0.3) is 0 Å². The third-order valence-corrected chi connectivity index (χ3v) is 3.95. The first kappa shape index (κ1) is 12.3. The van der Waals surface area contributed by atoms with Crippen LogP contribution in [0.4, 0.5) is 0 Å². The maximum atomic E-state index is 12.2. The van der Waals surface area contributed by atoms with E-state index in [9.17, 15) is 4.79 Å². The lowest BCUT2D eigenvalue weighted by molar-refractivity contribution is 0.286. The van der Waals surface area contributed by atoms with E-state index in [0.717, 1.165) is 31.8 Å². The second-order valence-corrected chi connectivity index (χ2v) is 5.32. The molecule has 3 aromatic rings. The second kappa shape index (κ2) is 4.85. The van der Waals surface area contributed by atoms with Gasteiger partial charge in [0, 0.05) is 13.1 Å². The summed E-state index contributed by atoms with van der Waals surface area (Å²) >= 11 is 0. The molecule has 0 saturated carbocycles. The number of aromatic amines is 1. The standard InChI is InChI=1S/C14H15N5O2/c20-14-17-12-6-15-9-16-13(12)19(14)10-3-4-18(7-10)8-11-2-1-5-21-11/h1-2,5-6,9-10H,3-4,7-8H2,(H,17,20). The molecule has 1 unspecified atom stereocenters. The Kier molecular flexibility index (Phi) is 2.85. The lowest BCUT2D eigenvalue weighted by Crippen LogP contribution is -2.26. The van der Waals surface area contributed by atoms with E-state index in [1.807, 2.05) is 12.1 Å². The molecular formula is C14H15N5O2. The summed E-state index contributed by atoms with van der Waals surface area (Å²) in [6.45, 7) is 2.53. The highest BCUT2D eigenvalue weighted by Gasteiger charge is 2.27. The number of fused-ring (bicyclic) bond motifs is 1. The molecular weight excluding hydrogens is 270 g/mol. The number of H-pyrrole nitrogens is 1. The van der Waals surface area contributed by atoms with E-state index < -0.39 is 0 Å². The van der Waals surface area contributed by atoms with Crippen LogP contribution in [0.25, 0.3) is 11.2 Å². The van der Waals surface area contributed by atoms with Gasteiger partial charge in [-0.3, -0.25) is 9.47 Å². The highest BCUT2D eigenvalue weighted by atomic mass is 16.3. The summed E-state index contributed by atoms with van der Waals surface area (Å²) in [5.41, 5.74) is 1.25. The van der Waals surface area contributed by atoms with Crippen LogP contribution >= 0.6 is 0 Å². The molecule has 0 spiro atoms. The molecule has 21 heavy (non-hydrogen) atoms. The zero-order valence-electron chi connectivity index (χ0n) is 11.4. The monoisotopic (exact) mass is 285 g/mol. The largest absolute Gasteiger partial charge is 0.468 e. The van der Waals surface area contributed by atoms with Crippen molar-refractivity contribution in [2.24, 2.45) is 0 Å². The molecule has 0 radical (unpaired) electrons. The number of hydrogen-bond acceptors (Lipinski definition) is 5. The number of likely N-dealkylation sites (tertiary alicyclic amines) is 1. The van der Waals surface area contributed by atoms with Crippen LogP contribution in [0.5, 0.6) is 0 Å². The number of imidazole rings is 1. The van der Waals surface area contributed by atoms with E-state index in [0.29, 0.717) is 11.2 Å². The zero-order chi connectivity index (χ0) is 14.2. The predicted molar refractivity (Wildman–Crippen MR) is 75.8 cm³/mol. The van der Waals surface area contributed by atoms with E-state index in [2.05, 4.69) is 19.9 Å². The molecule has 4 rings (SSSR count). The molecule has 0 bridgehead atoms. The average Bonchev–Trinajstić information content (AvgIpc) is 3.18. The topological polar surface area (TPSA) is 80.0 Å². The van der Waals surface area contributed by atoms with Crippen LogP contribution in [0.3, 0.4) is 0 Å². The van der Waals surface area contributed by atoms with Crippen LogP contribution < -0.4 is 5.69 Å². The summed E-state index contributed by atoms with van der Waals surface area (Å²) in [6.07, 6.45) is 5.72. The fraction of sp³-hybridized carbons (Fsp3) is 0.357. The molecule has 3 aromatic heterocycles. The van der Waals surface area contributed by atoms with Crippen molar-refractivity contribution in [3.8, 4) is 0 Å². The molecule has 1 aliphatic heterocycles. The van der Waals surface area contributed by atoms with Crippen LogP contribution in [-0.2, 0) is 6.54 Å². The van der Waals surface area contributed by atoms with Gasteiger partial charge in [0.15, 0.2) is 5.65 Å². The smallest absolute Gasteiger partial charge is 0.328 e. The van der Waals surface area contributed by atoms with E-state index in [1.54, 1.807) is 17.0 Å². The van der Waals surface area contributed by atoms with Gasteiger partial charge in [0.2, 0.25) is 0 Å². The molecule has 0 aliphatic carbocycles. The van der Waals surface area contributed by atoms with Crippen molar-refractivity contribution in [3.63, 3.8) is 0 Å². The molecule has 7 heteroatoms. The highest BCUT2D eigenvalue weighted by molar-refractivity contribution is 5.69. The molecule has 1 N–H and O–H groups in total. The minimum Gasteiger partial charge on any atom is -0.468 e. The minimum atomic E-state index is -0.115. The number of nitrogens with one attached hydrogen (secondary N) is 1. The Morgan fingerprint density at radius 3 is 3.29 bits per heavy atom. The normalized spacial score (nSPS) is 19.5. The number of nitrogens with zero attached hydrogens (tertiary/aromatic N) is 4. The summed E-state index contributed by atoms with van der Waals surface area (Å²) in [7, 11) is 0. The van der Waals surface area contributed by atoms with Crippen LogP contribution in [0.2, 0.25) is 0 Å². The van der Waals surface area contributed by atoms with Crippen molar-refractivity contribution < 1.29 is 4.42 Å². The van der Waals surface area contributed by atoms with Crippen molar-refractivity contribution in [2.75, 3.05) is 13.1 Å². The SMILES string of the molecule is O=c1[nH]c2cncnc2n1C1CCN(Cc2ccco2)C1. The first-order valence-electron chi connectivity index (χ1n) is 6.96. The Hall–Kier alpha value is -2.41. The number of rotatable bonds is 3. The first-order chi connectivity index (χ1) is 10.3. The Labute approximate surface area is 120 Å². The molecule has 0 amide bonds. The van der Waals surface area contributed by atoms with Crippen LogP contribution in [-0.4, -0.2) is 37.5 Å². The Morgan fingerprint density at radius 2 is 2.43 bits per heavy atom. The fourth-order valence-electron chi connectivity index (χ4n) is 3.00. The van der Waals surface area contributed by atoms with Gasteiger partial charge in [-0.1, -0.05) is 0 Å². The van der Waals surface area contributed by atoms with E-state index in [4.69, 9.17) is 4.42 Å². The summed E-state index contributed by atoms with van der Waals surface area (Å²) in [5, 5.41) is 0. The quantitative estimate of drug-likeness (QED) is 0.781. The predicted octanol–water partition coefficient (Wildman–Crippen LogP) is 1.16. The van der Waals surface area contributed by atoms with Crippen molar-refractivity contribution in [1.82, 2.24) is 24.4 Å². The maximum absolute atomic E-state index is 12.2. The molecule has 108 valence electrons. The van der Waals surface area contributed by atoms with Gasteiger partial charge in [-0.2, -0.15) is 0 Å². The van der Waals surface area contributed by atoms with Crippen LogP contribution in [0, 0.1) is 0 Å². The van der Waals surface area contributed by atoms with Gasteiger partial charge in [-0.25, -0.2) is 14.8 Å². The Bertz CT molecular complexity index is 804. The fourth-order valence-corrected chi connectivity index (χ4v) is 3.00. The maximum Gasteiger partial charge on any atom is 0.328 e. The Morgan fingerprint density at radius 1 is 1.48 bits per heavy atom. The lowest BCUT2D eigenvalue weighted by atomic mass is 10.2. The molecule has 1 aliphatic rings. The van der Waals surface area contributed by atoms with Gasteiger partial charge in [0.05, 0.1) is 25.0 Å². The van der Waals surface area contributed by atoms with Crippen molar-refractivity contribution in [3.05, 3.63) is 47.2 Å².